The molecule has 2 N–H and O–H groups in total. The molecule has 1 fully saturated rings. The van der Waals surface area contributed by atoms with Crippen molar-refractivity contribution in [1.82, 2.24) is 24.8 Å². The maximum atomic E-state index is 12.8. The van der Waals surface area contributed by atoms with Gasteiger partial charge in [0.05, 0.1) is 6.20 Å². The van der Waals surface area contributed by atoms with E-state index in [0.717, 1.165) is 36.3 Å². The molecule has 0 unspecified atom stereocenters. The van der Waals surface area contributed by atoms with E-state index in [1.165, 1.54) is 0 Å². The van der Waals surface area contributed by atoms with Crippen molar-refractivity contribution in [3.05, 3.63) is 65.9 Å². The van der Waals surface area contributed by atoms with E-state index < -0.39 is 0 Å². The van der Waals surface area contributed by atoms with Gasteiger partial charge in [-0.1, -0.05) is 23.4 Å². The maximum absolute atomic E-state index is 12.8. The number of benzene rings is 1. The first-order valence-electron chi connectivity index (χ1n) is 9.55. The number of imidazole rings is 1. The van der Waals surface area contributed by atoms with Gasteiger partial charge in [0, 0.05) is 23.9 Å². The van der Waals surface area contributed by atoms with Gasteiger partial charge in [-0.25, -0.2) is 4.98 Å². The number of hydrogen-bond acceptors (Lipinski definition) is 6. The fraction of sp³-hybridized carbons (Fsp3) is 0.238. The molecular weight excluding hydrogens is 368 g/mol. The van der Waals surface area contributed by atoms with Crippen LogP contribution in [0.1, 0.15) is 21.9 Å². The third-order valence-corrected chi connectivity index (χ3v) is 5.19. The first-order valence-corrected chi connectivity index (χ1v) is 9.55. The molecule has 29 heavy (non-hydrogen) atoms. The topological polar surface area (TPSA) is 97.4 Å². The van der Waals surface area contributed by atoms with Crippen molar-refractivity contribution in [3.8, 4) is 11.4 Å². The molecule has 4 heterocycles. The number of aryl methyl sites for hydroxylation is 1. The Morgan fingerprint density at radius 1 is 1.31 bits per heavy atom. The number of amides is 1. The number of rotatable bonds is 5. The lowest BCUT2D eigenvalue weighted by atomic mass is 10.00. The zero-order chi connectivity index (χ0) is 19.8. The first-order chi connectivity index (χ1) is 14.2. The van der Waals surface area contributed by atoms with Crippen molar-refractivity contribution in [1.29, 1.82) is 0 Å². The molecule has 1 aliphatic heterocycles. The van der Waals surface area contributed by atoms with E-state index in [1.807, 2.05) is 49.5 Å². The standard InChI is InChI=1S/C21H20N6O2/c1-13-5-6-15(20-25-19(29-26-20)8-14-10-22-11-14)9-16(13)24-21(28)17-12-23-18-4-2-3-7-27(17)18/h2-7,9,12,14,22H,8,10-11H2,1H3,(H,24,28). The Bertz CT molecular complexity index is 1190. The molecule has 1 amide bonds. The molecule has 4 aromatic rings. The number of aromatic nitrogens is 4. The van der Waals surface area contributed by atoms with Gasteiger partial charge in [0.2, 0.25) is 11.7 Å². The van der Waals surface area contributed by atoms with Crippen molar-refractivity contribution in [3.63, 3.8) is 0 Å². The summed E-state index contributed by atoms with van der Waals surface area (Å²) in [7, 11) is 0. The van der Waals surface area contributed by atoms with Gasteiger partial charge in [0.25, 0.3) is 5.91 Å². The highest BCUT2D eigenvalue weighted by Gasteiger charge is 2.21. The molecule has 1 aromatic carbocycles. The van der Waals surface area contributed by atoms with Crippen LogP contribution in [0.15, 0.2) is 53.3 Å². The molecule has 5 rings (SSSR count). The molecule has 0 saturated carbocycles. The Morgan fingerprint density at radius 2 is 2.21 bits per heavy atom. The number of fused-ring (bicyclic) bond motifs is 1. The zero-order valence-corrected chi connectivity index (χ0v) is 15.9. The summed E-state index contributed by atoms with van der Waals surface area (Å²) in [4.78, 5) is 21.6. The smallest absolute Gasteiger partial charge is 0.274 e. The molecular formula is C21H20N6O2. The van der Waals surface area contributed by atoms with Crippen molar-refractivity contribution in [2.24, 2.45) is 5.92 Å². The van der Waals surface area contributed by atoms with Gasteiger partial charge in [-0.3, -0.25) is 9.20 Å². The Kier molecular flexibility index (Phi) is 4.33. The molecule has 0 aliphatic carbocycles. The predicted octanol–water partition coefficient (Wildman–Crippen LogP) is 2.71. The van der Waals surface area contributed by atoms with E-state index in [2.05, 4.69) is 25.8 Å². The lowest BCUT2D eigenvalue weighted by Crippen LogP contribution is -2.43. The second-order valence-electron chi connectivity index (χ2n) is 7.30. The van der Waals surface area contributed by atoms with Gasteiger partial charge < -0.3 is 15.2 Å². The summed E-state index contributed by atoms with van der Waals surface area (Å²) in [5.41, 5.74) is 3.64. The third-order valence-electron chi connectivity index (χ3n) is 5.19. The van der Waals surface area contributed by atoms with Crippen molar-refractivity contribution >= 4 is 17.2 Å². The minimum absolute atomic E-state index is 0.227. The van der Waals surface area contributed by atoms with Crippen LogP contribution in [0, 0.1) is 12.8 Å². The van der Waals surface area contributed by atoms with Gasteiger partial charge in [0.1, 0.15) is 11.3 Å². The Hall–Kier alpha value is -3.52. The molecule has 0 radical (unpaired) electrons. The summed E-state index contributed by atoms with van der Waals surface area (Å²) in [5.74, 6) is 1.50. The Labute approximate surface area is 167 Å². The number of nitrogens with one attached hydrogen (secondary N) is 2. The highest BCUT2D eigenvalue weighted by molar-refractivity contribution is 6.04. The molecule has 146 valence electrons. The third kappa shape index (κ3) is 3.38. The highest BCUT2D eigenvalue weighted by Crippen LogP contribution is 2.25. The lowest BCUT2D eigenvalue weighted by molar-refractivity contribution is 0.102. The summed E-state index contributed by atoms with van der Waals surface area (Å²) >= 11 is 0. The highest BCUT2D eigenvalue weighted by atomic mass is 16.5. The van der Waals surface area contributed by atoms with Crippen LogP contribution < -0.4 is 10.6 Å². The van der Waals surface area contributed by atoms with Gasteiger partial charge in [-0.05, 0) is 49.7 Å². The summed E-state index contributed by atoms with van der Waals surface area (Å²) < 4.78 is 7.16. The number of anilines is 1. The molecule has 3 aromatic heterocycles. The minimum atomic E-state index is -0.227. The minimum Gasteiger partial charge on any atom is -0.339 e. The summed E-state index contributed by atoms with van der Waals surface area (Å²) in [5, 5.41) is 10.3. The SMILES string of the molecule is Cc1ccc(-c2noc(CC3CNC3)n2)cc1NC(=O)c1cnc2ccccn12. The van der Waals surface area contributed by atoms with Crippen LogP contribution in [0.2, 0.25) is 0 Å². The van der Waals surface area contributed by atoms with E-state index in [-0.39, 0.29) is 5.91 Å². The summed E-state index contributed by atoms with van der Waals surface area (Å²) in [6.07, 6.45) is 4.17. The second-order valence-corrected chi connectivity index (χ2v) is 7.30. The van der Waals surface area contributed by atoms with E-state index in [9.17, 15) is 4.79 Å². The Morgan fingerprint density at radius 3 is 3.03 bits per heavy atom. The first kappa shape index (κ1) is 17.6. The molecule has 0 spiro atoms. The van der Waals surface area contributed by atoms with Gasteiger partial charge in [-0.15, -0.1) is 0 Å². The van der Waals surface area contributed by atoms with Crippen molar-refractivity contribution < 1.29 is 9.32 Å². The normalized spacial score (nSPS) is 14.1. The number of carbonyl (C=O) groups is 1. The maximum Gasteiger partial charge on any atom is 0.274 e. The van der Waals surface area contributed by atoms with Crippen LogP contribution in [0.4, 0.5) is 5.69 Å². The number of nitrogens with zero attached hydrogens (tertiary/aromatic N) is 4. The predicted molar refractivity (Wildman–Crippen MR) is 108 cm³/mol. The number of hydrogen-bond donors (Lipinski definition) is 2. The van der Waals surface area contributed by atoms with Gasteiger partial charge >= 0.3 is 0 Å². The number of carbonyl (C=O) groups excluding carboxylic acids is 1. The van der Waals surface area contributed by atoms with Crippen LogP contribution in [0.5, 0.6) is 0 Å². The zero-order valence-electron chi connectivity index (χ0n) is 15.9. The van der Waals surface area contributed by atoms with E-state index in [0.29, 0.717) is 29.0 Å². The van der Waals surface area contributed by atoms with Gasteiger partial charge in [0.15, 0.2) is 0 Å². The largest absolute Gasteiger partial charge is 0.339 e. The van der Waals surface area contributed by atoms with E-state index >= 15 is 0 Å². The molecule has 8 heteroatoms. The fourth-order valence-electron chi connectivity index (χ4n) is 3.38. The van der Waals surface area contributed by atoms with Crippen molar-refractivity contribution in [2.45, 2.75) is 13.3 Å². The average molecular weight is 388 g/mol. The molecule has 8 nitrogen and oxygen atoms in total. The molecule has 1 saturated heterocycles. The molecule has 0 atom stereocenters. The monoisotopic (exact) mass is 388 g/mol. The lowest BCUT2D eigenvalue weighted by Gasteiger charge is -2.25. The quantitative estimate of drug-likeness (QED) is 0.546. The van der Waals surface area contributed by atoms with E-state index in [4.69, 9.17) is 4.52 Å². The van der Waals surface area contributed by atoms with Crippen LogP contribution in [0.25, 0.3) is 17.0 Å². The summed E-state index contributed by atoms with van der Waals surface area (Å²) in [6.45, 7) is 3.92. The van der Waals surface area contributed by atoms with Crippen LogP contribution in [0.3, 0.4) is 0 Å². The van der Waals surface area contributed by atoms with Crippen LogP contribution >= 0.6 is 0 Å². The second kappa shape index (κ2) is 7.14. The van der Waals surface area contributed by atoms with Crippen LogP contribution in [-0.2, 0) is 6.42 Å². The number of pyridine rings is 1. The summed E-state index contributed by atoms with van der Waals surface area (Å²) in [6, 6.07) is 11.3. The van der Waals surface area contributed by atoms with E-state index in [1.54, 1.807) is 10.6 Å². The average Bonchev–Trinajstić information content (AvgIpc) is 3.33. The van der Waals surface area contributed by atoms with Crippen molar-refractivity contribution in [2.75, 3.05) is 18.4 Å². The fourth-order valence-corrected chi connectivity index (χ4v) is 3.38. The Balaban J connectivity index is 1.38. The van der Waals surface area contributed by atoms with Gasteiger partial charge in [-0.2, -0.15) is 4.98 Å². The van der Waals surface area contributed by atoms with Crippen LogP contribution in [-0.4, -0.2) is 38.5 Å². The molecule has 1 aliphatic rings. The molecule has 0 bridgehead atoms.